The zero-order valence-electron chi connectivity index (χ0n) is 22.1. The van der Waals surface area contributed by atoms with Crippen molar-refractivity contribution in [2.75, 3.05) is 6.61 Å². The molecule has 0 aliphatic rings. The van der Waals surface area contributed by atoms with Gasteiger partial charge < -0.3 is 15.5 Å². The molecule has 0 aliphatic carbocycles. The molecule has 0 aliphatic heterocycles. The molecule has 0 atom stereocenters. The average Bonchev–Trinajstić information content (AvgIpc) is 2.79. The van der Waals surface area contributed by atoms with Crippen LogP contribution in [0.5, 0.6) is 0 Å². The van der Waals surface area contributed by atoms with Crippen LogP contribution in [-0.2, 0) is 13.9 Å². The normalized spacial score (nSPS) is 11.8. The molecule has 0 aromatic heterocycles. The molecule has 5 N–H and O–H groups in total. The Hall–Kier alpha value is -0.730. The number of halogens is 1. The Kier molecular flexibility index (Phi) is 24.6. The van der Waals surface area contributed by atoms with Gasteiger partial charge in [0.05, 0.1) is 6.61 Å². The lowest BCUT2D eigenvalue weighted by molar-refractivity contribution is -0.122. The molecule has 10 heteroatoms. The Balaban J connectivity index is 0. The van der Waals surface area contributed by atoms with E-state index in [1.165, 1.54) is 70.6 Å². The molecule has 0 fully saturated rings. The summed E-state index contributed by atoms with van der Waals surface area (Å²) in [7, 11) is -4.26. The predicted octanol–water partition coefficient (Wildman–Crippen LogP) is 7.27. The van der Waals surface area contributed by atoms with Crippen LogP contribution >= 0.6 is 23.8 Å². The van der Waals surface area contributed by atoms with Crippen LogP contribution in [0.2, 0.25) is 0 Å². The van der Waals surface area contributed by atoms with E-state index in [0.717, 1.165) is 19.3 Å². The van der Waals surface area contributed by atoms with Gasteiger partial charge in [0, 0.05) is 0 Å². The van der Waals surface area contributed by atoms with Gasteiger partial charge in [0.2, 0.25) is 5.91 Å². The molecule has 35 heavy (non-hydrogen) atoms. The van der Waals surface area contributed by atoms with Gasteiger partial charge in [-0.05, 0) is 44.9 Å². The summed E-state index contributed by atoms with van der Waals surface area (Å²) in [4.78, 5) is 38.7. The second-order valence-corrected chi connectivity index (χ2v) is 11.5. The predicted molar refractivity (Wildman–Crippen MR) is 147 cm³/mol. The maximum absolute atomic E-state index is 11.3. The number of hydrogen-bond donors (Lipinski definition) is 4. The molecule has 0 spiro atoms. The van der Waals surface area contributed by atoms with Crippen LogP contribution in [-0.4, -0.2) is 32.7 Å². The van der Waals surface area contributed by atoms with Gasteiger partial charge in [-0.2, -0.15) is 0 Å². The summed E-state index contributed by atoms with van der Waals surface area (Å²) in [5, 5.41) is 2.04. The molecular formula is C25H50BrN2O6P. The molecule has 208 valence electrons. The van der Waals surface area contributed by atoms with Crippen molar-refractivity contribution in [2.24, 2.45) is 5.73 Å². The van der Waals surface area contributed by atoms with Gasteiger partial charge in [0.1, 0.15) is 4.32 Å². The molecular weight excluding hydrogens is 535 g/mol. The van der Waals surface area contributed by atoms with Crippen LogP contribution in [0, 0.1) is 0 Å². The number of hydrogen-bond acceptors (Lipinski definition) is 4. The Morgan fingerprint density at radius 3 is 1.69 bits per heavy atom. The lowest BCUT2D eigenvalue weighted by Gasteiger charge is -2.21. The molecule has 0 unspecified atom stereocenters. The highest BCUT2D eigenvalue weighted by molar-refractivity contribution is 9.10. The molecule has 0 heterocycles. The SMILES string of the molecule is CCC(Br)(CC)C(=O)NC(N)=O.CCCCCCCC/C=C\CCCCCCCCOP(=O)(O)O. The fraction of sp³-hybridized carbons (Fsp3) is 0.840. The van der Waals surface area contributed by atoms with Crippen molar-refractivity contribution in [3.8, 4) is 0 Å². The summed E-state index contributed by atoms with van der Waals surface area (Å²) < 4.78 is 14.2. The minimum atomic E-state index is -4.26. The quantitative estimate of drug-likeness (QED) is 0.0513. The fourth-order valence-electron chi connectivity index (χ4n) is 3.33. The number of phosphoric ester groups is 1. The molecule has 0 aromatic rings. The molecule has 0 bridgehead atoms. The molecule has 0 radical (unpaired) electrons. The van der Waals surface area contributed by atoms with E-state index >= 15 is 0 Å². The Morgan fingerprint density at radius 2 is 1.29 bits per heavy atom. The summed E-state index contributed by atoms with van der Waals surface area (Å²) in [5.74, 6) is -0.375. The monoisotopic (exact) mass is 584 g/mol. The minimum absolute atomic E-state index is 0.158. The summed E-state index contributed by atoms with van der Waals surface area (Å²) in [6, 6.07) is -0.814. The number of carbonyl (C=O) groups is 2. The number of urea groups is 1. The number of phosphoric acid groups is 1. The minimum Gasteiger partial charge on any atom is -0.351 e. The number of unbranched alkanes of at least 4 members (excludes halogenated alkanes) is 12. The van der Waals surface area contributed by atoms with Crippen molar-refractivity contribution in [2.45, 2.75) is 128 Å². The number of nitrogens with two attached hydrogens (primary N) is 1. The standard InChI is InChI=1S/C18H37O4P.C7H13BrN2O2/c1-2-3-4-5-6-7-8-9-10-11-12-13-14-15-16-17-18-22-23(19,20)21;1-3-7(8,4-2)5(11)10-6(9)12/h9-10H,2-8,11-18H2,1H3,(H2,19,20,21);3-4H2,1-2H3,(H3,9,10,11,12)/b10-9-;. The number of alkyl halides is 1. The first-order valence-corrected chi connectivity index (χ1v) is 15.5. The van der Waals surface area contributed by atoms with Crippen molar-refractivity contribution < 1.29 is 28.5 Å². The maximum Gasteiger partial charge on any atom is 0.469 e. The van der Waals surface area contributed by atoms with Gasteiger partial charge in [-0.25, -0.2) is 9.36 Å². The topological polar surface area (TPSA) is 139 Å². The number of imide groups is 1. The molecule has 8 nitrogen and oxygen atoms in total. The Morgan fingerprint density at radius 1 is 0.857 bits per heavy atom. The lowest BCUT2D eigenvalue weighted by atomic mass is 10.0. The van der Waals surface area contributed by atoms with E-state index in [-0.39, 0.29) is 12.5 Å². The molecule has 0 saturated carbocycles. The number of amides is 3. The van der Waals surface area contributed by atoms with E-state index < -0.39 is 18.2 Å². The van der Waals surface area contributed by atoms with Crippen molar-refractivity contribution >= 4 is 35.7 Å². The zero-order valence-corrected chi connectivity index (χ0v) is 24.6. The van der Waals surface area contributed by atoms with Crippen LogP contribution < -0.4 is 11.1 Å². The first-order chi connectivity index (χ1) is 16.5. The smallest absolute Gasteiger partial charge is 0.351 e. The van der Waals surface area contributed by atoms with Gasteiger partial charge >= 0.3 is 13.9 Å². The lowest BCUT2D eigenvalue weighted by Crippen LogP contribution is -2.46. The Bertz CT molecular complexity index is 609. The van der Waals surface area contributed by atoms with Crippen molar-refractivity contribution in [3.05, 3.63) is 12.2 Å². The summed E-state index contributed by atoms with van der Waals surface area (Å²) >= 11 is 3.26. The third kappa shape index (κ3) is 26.2. The van der Waals surface area contributed by atoms with Gasteiger partial charge in [0.25, 0.3) is 0 Å². The van der Waals surface area contributed by atoms with Crippen LogP contribution in [0.4, 0.5) is 4.79 Å². The maximum atomic E-state index is 11.3. The van der Waals surface area contributed by atoms with Crippen molar-refractivity contribution in [1.82, 2.24) is 5.32 Å². The van der Waals surface area contributed by atoms with E-state index in [0.29, 0.717) is 12.8 Å². The summed E-state index contributed by atoms with van der Waals surface area (Å²) in [6.07, 6.45) is 23.0. The van der Waals surface area contributed by atoms with E-state index in [4.69, 9.17) is 15.5 Å². The molecule has 0 saturated heterocycles. The summed E-state index contributed by atoms with van der Waals surface area (Å²) in [6.45, 7) is 6.13. The number of primary amides is 1. The van der Waals surface area contributed by atoms with Gasteiger partial charge in [-0.3, -0.25) is 14.6 Å². The second kappa shape index (κ2) is 23.7. The van der Waals surface area contributed by atoms with E-state index in [1.807, 2.05) is 19.2 Å². The zero-order chi connectivity index (χ0) is 27.0. The van der Waals surface area contributed by atoms with Crippen molar-refractivity contribution in [1.29, 1.82) is 0 Å². The highest BCUT2D eigenvalue weighted by Crippen LogP contribution is 2.35. The van der Waals surface area contributed by atoms with E-state index in [9.17, 15) is 14.2 Å². The van der Waals surface area contributed by atoms with Gasteiger partial charge in [-0.15, -0.1) is 0 Å². The van der Waals surface area contributed by atoms with Gasteiger partial charge in [-0.1, -0.05) is 107 Å². The third-order valence-corrected chi connectivity index (χ3v) is 7.68. The fourth-order valence-corrected chi connectivity index (χ4v) is 3.79. The number of rotatable bonds is 20. The first kappa shape index (κ1) is 36.4. The highest BCUT2D eigenvalue weighted by atomic mass is 79.9. The largest absolute Gasteiger partial charge is 0.469 e. The van der Waals surface area contributed by atoms with E-state index in [1.54, 1.807) is 0 Å². The van der Waals surface area contributed by atoms with Crippen LogP contribution in [0.25, 0.3) is 0 Å². The van der Waals surface area contributed by atoms with Gasteiger partial charge in [0.15, 0.2) is 0 Å². The number of nitrogens with one attached hydrogen (secondary N) is 1. The number of allylic oxidation sites excluding steroid dienone is 2. The van der Waals surface area contributed by atoms with Crippen LogP contribution in [0.1, 0.15) is 124 Å². The van der Waals surface area contributed by atoms with Crippen LogP contribution in [0.15, 0.2) is 12.2 Å². The van der Waals surface area contributed by atoms with Crippen LogP contribution in [0.3, 0.4) is 0 Å². The summed E-state index contributed by atoms with van der Waals surface area (Å²) in [5.41, 5.74) is 4.81. The molecule has 3 amide bonds. The Labute approximate surface area is 221 Å². The highest BCUT2D eigenvalue weighted by Gasteiger charge is 2.32. The third-order valence-electron chi connectivity index (χ3n) is 5.68. The second-order valence-electron chi connectivity index (χ2n) is 8.75. The molecule has 0 aromatic carbocycles. The number of carbonyl (C=O) groups excluding carboxylic acids is 2. The first-order valence-electron chi connectivity index (χ1n) is 13.2. The van der Waals surface area contributed by atoms with Crippen molar-refractivity contribution in [3.63, 3.8) is 0 Å². The molecule has 0 rings (SSSR count). The van der Waals surface area contributed by atoms with E-state index in [2.05, 4.69) is 39.5 Å². The average molecular weight is 586 g/mol.